The van der Waals surface area contributed by atoms with Crippen molar-refractivity contribution in [2.45, 2.75) is 40.0 Å². The standard InChI is InChI=1S/C19H28O5.H2OP/c1-6-7-9-14(19(21)24-12-13(2)3)18(20)17-15(22-4)10-8-11-16(17)23-5;1-2/h8,10-11,13-14H,6-7,9,12H2,1-5H3;2H2/q;+1. The van der Waals surface area contributed by atoms with Crippen LogP contribution in [0.4, 0.5) is 0 Å². The molecule has 0 radical (unpaired) electrons. The summed E-state index contributed by atoms with van der Waals surface area (Å²) < 4.78 is 24.1. The Morgan fingerprint density at radius 1 is 1.08 bits per heavy atom. The zero-order valence-electron chi connectivity index (χ0n) is 16.2. The van der Waals surface area contributed by atoms with E-state index >= 15 is 0 Å². The van der Waals surface area contributed by atoms with Crippen LogP contribution >= 0.6 is 9.12 Å². The SMILES string of the molecule is CCCCC(C(=O)OCC(C)C)C(=O)c1c(OC)cccc1OC.O=[PH2+]. The van der Waals surface area contributed by atoms with Gasteiger partial charge in [-0.15, -0.1) is 0 Å². The van der Waals surface area contributed by atoms with Gasteiger partial charge in [0.25, 0.3) is 0 Å². The van der Waals surface area contributed by atoms with Crippen LogP contribution in [0.1, 0.15) is 50.4 Å². The molecule has 0 aliphatic carbocycles. The third-order valence-electron chi connectivity index (χ3n) is 3.68. The first-order valence-corrected chi connectivity index (χ1v) is 9.08. The fraction of sp³-hybridized carbons (Fsp3) is 0.579. The molecule has 146 valence electrons. The molecule has 2 unspecified atom stereocenters. The van der Waals surface area contributed by atoms with Crippen LogP contribution in [-0.2, 0) is 14.1 Å². The van der Waals surface area contributed by atoms with Crippen molar-refractivity contribution in [3.8, 4) is 11.5 Å². The lowest BCUT2D eigenvalue weighted by molar-refractivity contribution is -0.148. The van der Waals surface area contributed by atoms with E-state index in [9.17, 15) is 9.59 Å². The Morgan fingerprint density at radius 2 is 1.62 bits per heavy atom. The van der Waals surface area contributed by atoms with Crippen molar-refractivity contribution in [2.75, 3.05) is 20.8 Å². The molecule has 1 aromatic rings. The maximum Gasteiger partial charge on any atom is 0.316 e. The number of methoxy groups -OCH3 is 2. The maximum atomic E-state index is 13.0. The number of rotatable bonds is 10. The second-order valence-corrected chi connectivity index (χ2v) is 6.12. The van der Waals surface area contributed by atoms with Crippen LogP contribution in [0.2, 0.25) is 0 Å². The second-order valence-electron chi connectivity index (χ2n) is 6.12. The lowest BCUT2D eigenvalue weighted by Crippen LogP contribution is -2.28. The highest BCUT2D eigenvalue weighted by Gasteiger charge is 2.32. The maximum absolute atomic E-state index is 13.0. The van der Waals surface area contributed by atoms with E-state index < -0.39 is 11.9 Å². The lowest BCUT2D eigenvalue weighted by Gasteiger charge is -2.18. The molecule has 0 amide bonds. The summed E-state index contributed by atoms with van der Waals surface area (Å²) in [6.45, 7) is 6.24. The first-order valence-electron chi connectivity index (χ1n) is 8.61. The molecule has 0 spiro atoms. The molecule has 0 saturated heterocycles. The largest absolute Gasteiger partial charge is 0.496 e. The molecule has 6 nitrogen and oxygen atoms in total. The highest BCUT2D eigenvalue weighted by molar-refractivity contribution is 7.00. The Labute approximate surface area is 157 Å². The molecular formula is C19H30O6P+. The number of ketones is 1. The van der Waals surface area contributed by atoms with Gasteiger partial charge in [-0.2, -0.15) is 0 Å². The number of esters is 1. The number of unbranched alkanes of at least 4 members (excludes halogenated alkanes) is 1. The molecule has 0 aromatic heterocycles. The number of carbonyl (C=O) groups excluding carboxylic acids is 2. The Bertz CT molecular complexity index is 551. The normalized spacial score (nSPS) is 11.2. The number of Topliss-reactive ketones (excluding diaryl/α,β-unsaturated/α-hetero) is 1. The number of benzene rings is 1. The average Bonchev–Trinajstić information content (AvgIpc) is 2.67. The first kappa shape index (κ1) is 24.1. The quantitative estimate of drug-likeness (QED) is 0.261. The summed E-state index contributed by atoms with van der Waals surface area (Å²) in [6.07, 6.45) is 2.11. The van der Waals surface area contributed by atoms with E-state index in [0.29, 0.717) is 30.1 Å². The molecule has 1 rings (SSSR count). The monoisotopic (exact) mass is 385 g/mol. The minimum absolute atomic E-state index is 0.219. The molecule has 0 saturated carbocycles. The van der Waals surface area contributed by atoms with Crippen molar-refractivity contribution < 1.29 is 28.4 Å². The van der Waals surface area contributed by atoms with Gasteiger partial charge in [0.1, 0.15) is 23.0 Å². The van der Waals surface area contributed by atoms with Crippen LogP contribution < -0.4 is 9.47 Å². The van der Waals surface area contributed by atoms with Crippen molar-refractivity contribution in [3.63, 3.8) is 0 Å². The molecule has 0 aliphatic rings. The number of carbonyl (C=O) groups is 2. The van der Waals surface area contributed by atoms with Crippen molar-refractivity contribution in [1.82, 2.24) is 0 Å². The molecule has 0 fully saturated rings. The van der Waals surface area contributed by atoms with E-state index in [0.717, 1.165) is 12.8 Å². The Kier molecular flexibility index (Phi) is 12.3. The van der Waals surface area contributed by atoms with Crippen LogP contribution in [0.25, 0.3) is 0 Å². The van der Waals surface area contributed by atoms with Gasteiger partial charge in [-0.1, -0.05) is 44.2 Å². The molecule has 1 aromatic carbocycles. The van der Waals surface area contributed by atoms with Gasteiger partial charge in [0.05, 0.1) is 20.8 Å². The van der Waals surface area contributed by atoms with Crippen LogP contribution in [0.15, 0.2) is 18.2 Å². The van der Waals surface area contributed by atoms with Gasteiger partial charge in [0.15, 0.2) is 5.78 Å². The fourth-order valence-corrected chi connectivity index (χ4v) is 2.38. The third-order valence-corrected chi connectivity index (χ3v) is 3.68. The minimum atomic E-state index is -0.839. The van der Waals surface area contributed by atoms with Crippen molar-refractivity contribution in [3.05, 3.63) is 23.8 Å². The van der Waals surface area contributed by atoms with E-state index in [1.807, 2.05) is 20.8 Å². The van der Waals surface area contributed by atoms with E-state index in [4.69, 9.17) is 18.8 Å². The third kappa shape index (κ3) is 7.12. The van der Waals surface area contributed by atoms with Gasteiger partial charge in [-0.25, -0.2) is 0 Å². The number of ether oxygens (including phenoxy) is 3. The summed E-state index contributed by atoms with van der Waals surface area (Å²) in [7, 11) is 4.15. The number of hydrogen-bond donors (Lipinski definition) is 0. The van der Waals surface area contributed by atoms with Gasteiger partial charge >= 0.3 is 15.1 Å². The Hall–Kier alpha value is -1.94. The van der Waals surface area contributed by atoms with Crippen molar-refractivity contribution >= 4 is 20.9 Å². The smallest absolute Gasteiger partial charge is 0.316 e. The molecule has 2 atom stereocenters. The summed E-state index contributed by atoms with van der Waals surface area (Å²) in [6, 6.07) is 5.12. The molecule has 26 heavy (non-hydrogen) atoms. The molecule has 0 N–H and O–H groups in total. The predicted molar refractivity (Wildman–Crippen MR) is 103 cm³/mol. The Morgan fingerprint density at radius 3 is 2.04 bits per heavy atom. The van der Waals surface area contributed by atoms with Crippen molar-refractivity contribution in [1.29, 1.82) is 0 Å². The Balaban J connectivity index is 0.00000301. The highest BCUT2D eigenvalue weighted by Crippen LogP contribution is 2.32. The van der Waals surface area contributed by atoms with E-state index in [1.54, 1.807) is 18.2 Å². The predicted octanol–water partition coefficient (Wildman–Crippen LogP) is 4.10. The van der Waals surface area contributed by atoms with E-state index in [-0.39, 0.29) is 11.7 Å². The summed E-state index contributed by atoms with van der Waals surface area (Å²) in [5, 5.41) is 0. The van der Waals surface area contributed by atoms with Crippen LogP contribution in [0.5, 0.6) is 11.5 Å². The first-order chi connectivity index (χ1) is 12.5. The molecule has 0 heterocycles. The van der Waals surface area contributed by atoms with Crippen LogP contribution in [-0.4, -0.2) is 32.6 Å². The van der Waals surface area contributed by atoms with E-state index in [1.165, 1.54) is 23.3 Å². The van der Waals surface area contributed by atoms with Gasteiger partial charge < -0.3 is 14.2 Å². The summed E-state index contributed by atoms with van der Waals surface area (Å²) in [5.74, 6) is -0.609. The zero-order chi connectivity index (χ0) is 20.1. The summed E-state index contributed by atoms with van der Waals surface area (Å²) in [5.41, 5.74) is 0.296. The van der Waals surface area contributed by atoms with Crippen molar-refractivity contribution in [2.24, 2.45) is 11.8 Å². The van der Waals surface area contributed by atoms with Gasteiger partial charge in [0, 0.05) is 0 Å². The second kappa shape index (κ2) is 13.3. The fourth-order valence-electron chi connectivity index (χ4n) is 2.38. The molecule has 0 aliphatic heterocycles. The summed E-state index contributed by atoms with van der Waals surface area (Å²) in [4.78, 5) is 25.5. The lowest BCUT2D eigenvalue weighted by atomic mass is 9.91. The summed E-state index contributed by atoms with van der Waals surface area (Å²) >= 11 is 0. The van der Waals surface area contributed by atoms with Gasteiger partial charge in [0.2, 0.25) is 0 Å². The molecular weight excluding hydrogens is 355 g/mol. The molecule has 7 heteroatoms. The topological polar surface area (TPSA) is 78.9 Å². The van der Waals surface area contributed by atoms with Gasteiger partial charge in [-0.05, 0) is 24.5 Å². The number of hydrogen-bond acceptors (Lipinski definition) is 6. The van der Waals surface area contributed by atoms with Gasteiger partial charge in [-0.3, -0.25) is 9.59 Å². The zero-order valence-corrected chi connectivity index (χ0v) is 17.4. The van der Waals surface area contributed by atoms with Crippen LogP contribution in [0.3, 0.4) is 0 Å². The highest BCUT2D eigenvalue weighted by atomic mass is 31.0. The molecule has 0 bridgehead atoms. The van der Waals surface area contributed by atoms with Crippen LogP contribution in [0, 0.1) is 11.8 Å². The minimum Gasteiger partial charge on any atom is -0.496 e. The average molecular weight is 385 g/mol. The van der Waals surface area contributed by atoms with E-state index in [2.05, 4.69) is 0 Å².